The molecule has 0 aliphatic carbocycles. The molecule has 21 heavy (non-hydrogen) atoms. The number of benzene rings is 1. The Bertz CT molecular complexity index is 455. The Kier molecular flexibility index (Phi) is 8.31. The maximum Gasteiger partial charge on any atom is 0.416 e. The largest absolute Gasteiger partial charge is 0.416 e. The van der Waals surface area contributed by atoms with Crippen molar-refractivity contribution in [3.8, 4) is 0 Å². The number of nitrogens with one attached hydrogen (secondary N) is 1. The van der Waals surface area contributed by atoms with Gasteiger partial charge in [0.05, 0.1) is 5.56 Å². The second-order valence-electron chi connectivity index (χ2n) is 4.48. The van der Waals surface area contributed by atoms with Crippen molar-refractivity contribution in [3.63, 3.8) is 0 Å². The maximum absolute atomic E-state index is 12.5. The number of carbonyl (C=O) groups is 1. The first kappa shape index (κ1) is 19.7. The third-order valence-electron chi connectivity index (χ3n) is 2.76. The Labute approximate surface area is 127 Å². The second-order valence-corrected chi connectivity index (χ2v) is 4.48. The Morgan fingerprint density at radius 2 is 2.00 bits per heavy atom. The van der Waals surface area contributed by atoms with E-state index in [2.05, 4.69) is 5.32 Å². The zero-order valence-corrected chi connectivity index (χ0v) is 12.1. The summed E-state index contributed by atoms with van der Waals surface area (Å²) in [7, 11) is 0. The highest BCUT2D eigenvalue weighted by atomic mass is 35.5. The molecule has 0 saturated heterocycles. The lowest BCUT2D eigenvalue weighted by atomic mass is 10.1. The van der Waals surface area contributed by atoms with Gasteiger partial charge in [0.1, 0.15) is 0 Å². The molecule has 1 unspecified atom stereocenters. The normalized spacial score (nSPS) is 12.4. The highest BCUT2D eigenvalue weighted by Crippen LogP contribution is 2.29. The van der Waals surface area contributed by atoms with Gasteiger partial charge >= 0.3 is 6.18 Å². The summed E-state index contributed by atoms with van der Waals surface area (Å²) in [5.74, 6) is -0.570. The van der Waals surface area contributed by atoms with Crippen LogP contribution in [-0.4, -0.2) is 25.0 Å². The number of amides is 1. The van der Waals surface area contributed by atoms with E-state index < -0.39 is 17.6 Å². The minimum atomic E-state index is -4.46. The predicted octanol–water partition coefficient (Wildman–Crippen LogP) is 1.92. The van der Waals surface area contributed by atoms with Crippen LogP contribution in [0.3, 0.4) is 0 Å². The van der Waals surface area contributed by atoms with Crippen molar-refractivity contribution in [3.05, 3.63) is 35.4 Å². The first-order valence-electron chi connectivity index (χ1n) is 6.25. The van der Waals surface area contributed by atoms with Crippen LogP contribution < -0.4 is 16.8 Å². The Balaban J connectivity index is 0.00000400. The molecule has 1 rings (SSSR count). The highest BCUT2D eigenvalue weighted by molar-refractivity contribution is 5.94. The van der Waals surface area contributed by atoms with Crippen molar-refractivity contribution >= 4 is 18.3 Å². The average Bonchev–Trinajstić information content (AvgIpc) is 2.41. The van der Waals surface area contributed by atoms with Crippen molar-refractivity contribution in [2.45, 2.75) is 25.1 Å². The summed E-state index contributed by atoms with van der Waals surface area (Å²) < 4.78 is 37.6. The average molecular weight is 326 g/mol. The van der Waals surface area contributed by atoms with E-state index in [1.165, 1.54) is 12.1 Å². The monoisotopic (exact) mass is 325 g/mol. The zero-order valence-electron chi connectivity index (χ0n) is 11.3. The van der Waals surface area contributed by atoms with Gasteiger partial charge in [0.15, 0.2) is 0 Å². The fraction of sp³-hybridized carbons (Fsp3) is 0.462. The molecule has 1 aromatic rings. The lowest BCUT2D eigenvalue weighted by Gasteiger charge is -2.13. The molecular weight excluding hydrogens is 307 g/mol. The van der Waals surface area contributed by atoms with Crippen LogP contribution in [-0.2, 0) is 6.18 Å². The van der Waals surface area contributed by atoms with Crippen molar-refractivity contribution in [2.24, 2.45) is 11.5 Å². The smallest absolute Gasteiger partial charge is 0.350 e. The van der Waals surface area contributed by atoms with E-state index in [4.69, 9.17) is 11.5 Å². The number of carbonyl (C=O) groups excluding carboxylic acids is 1. The zero-order chi connectivity index (χ0) is 15.2. The predicted molar refractivity (Wildman–Crippen MR) is 77.3 cm³/mol. The number of rotatable bonds is 6. The number of halogens is 4. The summed E-state index contributed by atoms with van der Waals surface area (Å²) >= 11 is 0. The summed E-state index contributed by atoms with van der Waals surface area (Å²) in [6.45, 7) is 0.713. The van der Waals surface area contributed by atoms with Crippen molar-refractivity contribution in [1.82, 2.24) is 5.32 Å². The van der Waals surface area contributed by atoms with Crippen LogP contribution in [0.5, 0.6) is 0 Å². The third kappa shape index (κ3) is 6.79. The van der Waals surface area contributed by atoms with Gasteiger partial charge in [-0.2, -0.15) is 13.2 Å². The Morgan fingerprint density at radius 1 is 1.33 bits per heavy atom. The second kappa shape index (κ2) is 8.86. The van der Waals surface area contributed by atoms with Crippen LogP contribution in [0.25, 0.3) is 0 Å². The van der Waals surface area contributed by atoms with Gasteiger partial charge in [0.25, 0.3) is 5.91 Å². The van der Waals surface area contributed by atoms with E-state index in [0.29, 0.717) is 13.0 Å². The van der Waals surface area contributed by atoms with Gasteiger partial charge in [-0.25, -0.2) is 0 Å². The quantitative estimate of drug-likeness (QED) is 0.747. The first-order valence-corrected chi connectivity index (χ1v) is 6.25. The van der Waals surface area contributed by atoms with Gasteiger partial charge in [-0.15, -0.1) is 12.4 Å². The van der Waals surface area contributed by atoms with Crippen LogP contribution >= 0.6 is 12.4 Å². The molecule has 0 spiro atoms. The van der Waals surface area contributed by atoms with Crippen LogP contribution in [0, 0.1) is 0 Å². The molecule has 1 amide bonds. The number of hydrogen-bond acceptors (Lipinski definition) is 3. The van der Waals surface area contributed by atoms with Crippen LogP contribution in [0.4, 0.5) is 13.2 Å². The van der Waals surface area contributed by atoms with Crippen molar-refractivity contribution in [1.29, 1.82) is 0 Å². The minimum Gasteiger partial charge on any atom is -0.350 e. The fourth-order valence-corrected chi connectivity index (χ4v) is 1.64. The number of nitrogens with two attached hydrogens (primary N) is 2. The fourth-order valence-electron chi connectivity index (χ4n) is 1.64. The lowest BCUT2D eigenvalue weighted by molar-refractivity contribution is -0.137. The van der Waals surface area contributed by atoms with Crippen molar-refractivity contribution in [2.75, 3.05) is 13.1 Å². The minimum absolute atomic E-state index is 0. The van der Waals surface area contributed by atoms with Gasteiger partial charge in [-0.3, -0.25) is 4.79 Å². The summed E-state index contributed by atoms with van der Waals surface area (Å²) in [5.41, 5.74) is 10.2. The Hall–Kier alpha value is -1.31. The molecular formula is C13H19ClF3N3O. The standard InChI is InChI=1S/C13H18F3N3O.ClH/c14-13(15,16)10-4-1-3-9(7-10)12(20)19-8-11(18)5-2-6-17;/h1,3-4,7,11H,2,5-6,8,17-18H2,(H,19,20);1H. The van der Waals surface area contributed by atoms with Crippen LogP contribution in [0.15, 0.2) is 24.3 Å². The third-order valence-corrected chi connectivity index (χ3v) is 2.76. The summed E-state index contributed by atoms with van der Waals surface area (Å²) in [5, 5.41) is 2.51. The van der Waals surface area contributed by atoms with Gasteiger partial charge < -0.3 is 16.8 Å². The molecule has 0 aromatic heterocycles. The summed E-state index contributed by atoms with van der Waals surface area (Å²) in [6.07, 6.45) is -3.08. The van der Waals surface area contributed by atoms with Gasteiger partial charge in [0.2, 0.25) is 0 Å². The first-order chi connectivity index (χ1) is 9.34. The molecule has 0 heterocycles. The summed E-state index contributed by atoms with van der Waals surface area (Å²) in [6, 6.07) is 4.01. The molecule has 1 aromatic carbocycles. The Morgan fingerprint density at radius 3 is 2.57 bits per heavy atom. The molecule has 0 radical (unpaired) electrons. The maximum atomic E-state index is 12.5. The van der Waals surface area contributed by atoms with E-state index in [9.17, 15) is 18.0 Å². The molecule has 5 N–H and O–H groups in total. The van der Waals surface area contributed by atoms with Crippen molar-refractivity contribution < 1.29 is 18.0 Å². The van der Waals surface area contributed by atoms with E-state index >= 15 is 0 Å². The molecule has 120 valence electrons. The molecule has 8 heteroatoms. The molecule has 4 nitrogen and oxygen atoms in total. The van der Waals surface area contributed by atoms with Gasteiger partial charge in [-0.05, 0) is 37.6 Å². The topological polar surface area (TPSA) is 81.1 Å². The van der Waals surface area contributed by atoms with E-state index in [0.717, 1.165) is 18.6 Å². The van der Waals surface area contributed by atoms with Gasteiger partial charge in [-0.1, -0.05) is 6.07 Å². The molecule has 0 aliphatic rings. The number of alkyl halides is 3. The number of hydrogen-bond donors (Lipinski definition) is 3. The highest BCUT2D eigenvalue weighted by Gasteiger charge is 2.30. The molecule has 0 saturated carbocycles. The SMILES string of the molecule is Cl.NCCCC(N)CNC(=O)c1cccc(C(F)(F)F)c1. The van der Waals surface area contributed by atoms with Crippen LogP contribution in [0.1, 0.15) is 28.8 Å². The van der Waals surface area contributed by atoms with Gasteiger partial charge in [0, 0.05) is 18.2 Å². The van der Waals surface area contributed by atoms with E-state index in [-0.39, 0.29) is 30.6 Å². The molecule has 0 fully saturated rings. The summed E-state index contributed by atoms with van der Waals surface area (Å²) in [4.78, 5) is 11.7. The molecule has 0 bridgehead atoms. The molecule has 1 atom stereocenters. The molecule has 0 aliphatic heterocycles. The van der Waals surface area contributed by atoms with E-state index in [1.807, 2.05) is 0 Å². The van der Waals surface area contributed by atoms with Crippen LogP contribution in [0.2, 0.25) is 0 Å². The van der Waals surface area contributed by atoms with E-state index in [1.54, 1.807) is 0 Å². The lowest BCUT2D eigenvalue weighted by Crippen LogP contribution is -2.37.